The second-order valence-electron chi connectivity index (χ2n) is 12.1. The molecule has 2 atom stereocenters. The van der Waals surface area contributed by atoms with Crippen LogP contribution < -0.4 is 10.1 Å². The number of halogens is 1. The van der Waals surface area contributed by atoms with E-state index in [0.717, 1.165) is 66.2 Å². The number of nitrogens with zero attached hydrogens (tertiary/aromatic N) is 3. The van der Waals surface area contributed by atoms with E-state index in [9.17, 15) is 9.18 Å². The van der Waals surface area contributed by atoms with Gasteiger partial charge in [0.15, 0.2) is 0 Å². The molecule has 1 aromatic heterocycles. The molecule has 0 radical (unpaired) electrons. The van der Waals surface area contributed by atoms with Crippen LogP contribution >= 0.6 is 0 Å². The van der Waals surface area contributed by atoms with Crippen LogP contribution in [0.4, 0.5) is 10.3 Å². The van der Waals surface area contributed by atoms with E-state index in [2.05, 4.69) is 40.3 Å². The molecule has 4 aromatic carbocycles. The molecule has 2 unspecified atom stereocenters. The maximum atomic E-state index is 13.8. The molecule has 5 aromatic rings. The van der Waals surface area contributed by atoms with Crippen LogP contribution in [0.15, 0.2) is 97.1 Å². The fourth-order valence-electron chi connectivity index (χ4n) is 6.77. The van der Waals surface area contributed by atoms with Gasteiger partial charge in [-0.3, -0.25) is 9.69 Å². The van der Waals surface area contributed by atoms with Crippen molar-refractivity contribution in [2.75, 3.05) is 32.6 Å². The number of hydrogen-bond acceptors (Lipinski definition) is 5. The number of benzene rings is 4. The number of rotatable bonds is 11. The second-order valence-corrected chi connectivity index (χ2v) is 12.1. The molecular formula is C38H42FN5O2. The van der Waals surface area contributed by atoms with Crippen molar-refractivity contribution in [1.82, 2.24) is 19.8 Å². The Kier molecular flexibility index (Phi) is 9.64. The number of imidazole rings is 1. The van der Waals surface area contributed by atoms with E-state index in [1.807, 2.05) is 78.7 Å². The van der Waals surface area contributed by atoms with Crippen molar-refractivity contribution in [2.45, 2.75) is 50.7 Å². The maximum absolute atomic E-state index is 13.8. The molecule has 8 heteroatoms. The van der Waals surface area contributed by atoms with Gasteiger partial charge in [-0.25, -0.2) is 9.37 Å². The van der Waals surface area contributed by atoms with Crippen molar-refractivity contribution in [3.05, 3.63) is 125 Å². The van der Waals surface area contributed by atoms with Crippen LogP contribution in [0, 0.1) is 5.82 Å². The lowest BCUT2D eigenvalue weighted by atomic mass is 9.90. The summed E-state index contributed by atoms with van der Waals surface area (Å²) in [6.07, 6.45) is 3.31. The van der Waals surface area contributed by atoms with Crippen molar-refractivity contribution >= 4 is 22.9 Å². The van der Waals surface area contributed by atoms with Crippen LogP contribution in [-0.4, -0.2) is 65.1 Å². The summed E-state index contributed by atoms with van der Waals surface area (Å²) in [6, 6.07) is 30.8. The molecule has 1 saturated heterocycles. The van der Waals surface area contributed by atoms with E-state index in [4.69, 9.17) is 9.72 Å². The Morgan fingerprint density at radius 2 is 1.72 bits per heavy atom. The first-order chi connectivity index (χ1) is 22.4. The standard InChI is InChI=1S/C38H42FN5O2/c1-4-33(27-15-19-32(46-3)20-16-27)36(43(2)37(45)28-9-6-5-7-10-28)44-23-21-31(22-24-44)40-38-41-34-12-8-11-29(35(34)42-38)25-26-13-17-30(39)18-14-26/h5-20,31,33,36H,4,21-25H2,1-3H3,(H2,40,41,42). The highest BCUT2D eigenvalue weighted by Gasteiger charge is 2.36. The number of piperidine rings is 1. The molecular weight excluding hydrogens is 577 g/mol. The fraction of sp³-hybridized carbons (Fsp3) is 0.316. The van der Waals surface area contributed by atoms with Crippen LogP contribution in [0.2, 0.25) is 0 Å². The van der Waals surface area contributed by atoms with Crippen LogP contribution in [0.25, 0.3) is 11.0 Å². The number of aromatic amines is 1. The number of likely N-dealkylation sites (tertiary alicyclic amines) is 1. The van der Waals surface area contributed by atoms with Crippen molar-refractivity contribution in [3.8, 4) is 5.75 Å². The summed E-state index contributed by atoms with van der Waals surface area (Å²) in [5.74, 6) is 1.51. The van der Waals surface area contributed by atoms with Crippen molar-refractivity contribution in [2.24, 2.45) is 0 Å². The van der Waals surface area contributed by atoms with Crippen LogP contribution in [0.1, 0.15) is 59.2 Å². The van der Waals surface area contributed by atoms with E-state index in [1.54, 1.807) is 7.11 Å². The van der Waals surface area contributed by atoms with Crippen molar-refractivity contribution < 1.29 is 13.9 Å². The quantitative estimate of drug-likeness (QED) is 0.161. The number of fused-ring (bicyclic) bond motifs is 1. The number of aromatic nitrogens is 2. The Balaban J connectivity index is 1.18. The summed E-state index contributed by atoms with van der Waals surface area (Å²) in [7, 11) is 3.62. The van der Waals surface area contributed by atoms with Gasteiger partial charge in [0.25, 0.3) is 5.91 Å². The third-order valence-electron chi connectivity index (χ3n) is 9.23. The SMILES string of the molecule is CCC(c1ccc(OC)cc1)C(N1CCC(Nc2nc3c(Cc4ccc(F)cc4)cccc3[nH]2)CC1)N(C)C(=O)c1ccccc1. The lowest BCUT2D eigenvalue weighted by molar-refractivity contribution is 0.0201. The molecule has 2 heterocycles. The summed E-state index contributed by atoms with van der Waals surface area (Å²) in [6.45, 7) is 3.89. The maximum Gasteiger partial charge on any atom is 0.254 e. The number of ether oxygens (including phenoxy) is 1. The Bertz CT molecular complexity index is 1730. The summed E-state index contributed by atoms with van der Waals surface area (Å²) in [5.41, 5.74) is 5.94. The molecule has 6 rings (SSSR count). The molecule has 1 aliphatic rings. The Labute approximate surface area is 270 Å². The molecule has 0 bridgehead atoms. The average Bonchev–Trinajstić information content (AvgIpc) is 3.52. The van der Waals surface area contributed by atoms with Crippen LogP contribution in [0.3, 0.4) is 0 Å². The van der Waals surface area contributed by atoms with E-state index in [1.165, 1.54) is 17.7 Å². The van der Waals surface area contributed by atoms with Crippen molar-refractivity contribution in [3.63, 3.8) is 0 Å². The lowest BCUT2D eigenvalue weighted by Crippen LogP contribution is -2.55. The Morgan fingerprint density at radius 1 is 1.00 bits per heavy atom. The molecule has 2 N–H and O–H groups in total. The minimum absolute atomic E-state index is 0.0246. The third-order valence-corrected chi connectivity index (χ3v) is 9.23. The summed E-state index contributed by atoms with van der Waals surface area (Å²) in [5, 5.41) is 3.66. The number of hydrogen-bond donors (Lipinski definition) is 2. The minimum atomic E-state index is -0.231. The molecule has 1 fully saturated rings. The molecule has 0 spiro atoms. The Morgan fingerprint density at radius 3 is 2.39 bits per heavy atom. The molecule has 1 amide bonds. The zero-order chi connectivity index (χ0) is 32.0. The number of anilines is 1. The van der Waals surface area contributed by atoms with Crippen LogP contribution in [0.5, 0.6) is 5.75 Å². The molecule has 7 nitrogen and oxygen atoms in total. The van der Waals surface area contributed by atoms with Gasteiger partial charge in [-0.05, 0) is 84.8 Å². The summed E-state index contributed by atoms with van der Waals surface area (Å²) in [4.78, 5) is 26.6. The topological polar surface area (TPSA) is 73.5 Å². The van der Waals surface area contributed by atoms with E-state index in [-0.39, 0.29) is 29.8 Å². The zero-order valence-electron chi connectivity index (χ0n) is 26.7. The van der Waals surface area contributed by atoms with Gasteiger partial charge in [0.1, 0.15) is 11.6 Å². The first kappa shape index (κ1) is 31.3. The first-order valence-electron chi connectivity index (χ1n) is 16.1. The Hall–Kier alpha value is -4.69. The predicted molar refractivity (Wildman–Crippen MR) is 182 cm³/mol. The third kappa shape index (κ3) is 6.92. The first-order valence-corrected chi connectivity index (χ1v) is 16.1. The molecule has 1 aliphatic heterocycles. The van der Waals surface area contributed by atoms with Gasteiger partial charge in [-0.15, -0.1) is 0 Å². The highest BCUT2D eigenvalue weighted by atomic mass is 19.1. The number of methoxy groups -OCH3 is 1. The van der Waals surface area contributed by atoms with E-state index < -0.39 is 0 Å². The van der Waals surface area contributed by atoms with Gasteiger partial charge >= 0.3 is 0 Å². The number of carbonyl (C=O) groups is 1. The summed E-state index contributed by atoms with van der Waals surface area (Å²) >= 11 is 0. The van der Waals surface area contributed by atoms with E-state index >= 15 is 0 Å². The van der Waals surface area contributed by atoms with Gasteiger partial charge < -0.3 is 19.9 Å². The molecule has 0 saturated carbocycles. The van der Waals surface area contributed by atoms with Crippen molar-refractivity contribution in [1.29, 1.82) is 0 Å². The average molecular weight is 620 g/mol. The molecule has 46 heavy (non-hydrogen) atoms. The normalized spacial score (nSPS) is 15.4. The summed E-state index contributed by atoms with van der Waals surface area (Å²) < 4.78 is 18.8. The largest absolute Gasteiger partial charge is 0.497 e. The smallest absolute Gasteiger partial charge is 0.254 e. The van der Waals surface area contributed by atoms with Gasteiger partial charge in [0, 0.05) is 37.7 Å². The number of amides is 1. The lowest BCUT2D eigenvalue weighted by Gasteiger charge is -2.45. The fourth-order valence-corrected chi connectivity index (χ4v) is 6.77. The number of likely N-dealkylation sites (N-methyl/N-ethyl adjacent to an activating group) is 1. The van der Waals surface area contributed by atoms with Gasteiger partial charge in [0.2, 0.25) is 5.95 Å². The van der Waals surface area contributed by atoms with Gasteiger partial charge in [-0.2, -0.15) is 0 Å². The van der Waals surface area contributed by atoms with Gasteiger partial charge in [0.05, 0.1) is 24.3 Å². The predicted octanol–water partition coefficient (Wildman–Crippen LogP) is 7.47. The van der Waals surface area contributed by atoms with E-state index in [0.29, 0.717) is 12.0 Å². The number of nitrogens with one attached hydrogen (secondary N) is 2. The number of H-pyrrole nitrogens is 1. The number of carbonyl (C=O) groups excluding carboxylic acids is 1. The zero-order valence-corrected chi connectivity index (χ0v) is 26.7. The van der Waals surface area contributed by atoms with Crippen LogP contribution in [-0.2, 0) is 6.42 Å². The number of para-hydroxylation sites is 1. The monoisotopic (exact) mass is 619 g/mol. The highest BCUT2D eigenvalue weighted by molar-refractivity contribution is 5.94. The highest BCUT2D eigenvalue weighted by Crippen LogP contribution is 2.33. The second kappa shape index (κ2) is 14.2. The molecule has 0 aliphatic carbocycles. The minimum Gasteiger partial charge on any atom is -0.497 e. The molecule has 238 valence electrons. The van der Waals surface area contributed by atoms with Gasteiger partial charge in [-0.1, -0.05) is 61.5 Å².